The van der Waals surface area contributed by atoms with E-state index in [1.807, 2.05) is 13.0 Å². The summed E-state index contributed by atoms with van der Waals surface area (Å²) in [5.74, 6) is -0.115. The molecule has 1 saturated heterocycles. The summed E-state index contributed by atoms with van der Waals surface area (Å²) in [7, 11) is 1.57. The van der Waals surface area contributed by atoms with E-state index in [0.717, 1.165) is 24.9 Å². The number of hydrogen-bond acceptors (Lipinski definition) is 3. The minimum atomic E-state index is -0.334. The fourth-order valence-corrected chi connectivity index (χ4v) is 5.37. The molecule has 4 rings (SSSR count). The summed E-state index contributed by atoms with van der Waals surface area (Å²) in [5.41, 5.74) is 3.72. The molecule has 1 fully saturated rings. The monoisotopic (exact) mass is 394 g/mol. The Hall–Kier alpha value is -2.60. The van der Waals surface area contributed by atoms with Gasteiger partial charge < -0.3 is 10.3 Å². The number of carbonyl (C=O) groups is 2. The number of benzene rings is 1. The molecule has 6 nitrogen and oxygen atoms in total. The Labute approximate surface area is 171 Å². The fourth-order valence-electron chi connectivity index (χ4n) is 5.37. The third kappa shape index (κ3) is 3.06. The van der Waals surface area contributed by atoms with Gasteiger partial charge in [0.05, 0.1) is 5.92 Å². The van der Waals surface area contributed by atoms with Crippen molar-refractivity contribution in [3.05, 3.63) is 48.2 Å². The summed E-state index contributed by atoms with van der Waals surface area (Å²) in [6.45, 7) is 9.97. The number of fused-ring (bicyclic) bond motifs is 2. The maximum Gasteiger partial charge on any atom is 0.323 e. The molecular weight excluding hydrogens is 364 g/mol. The molecule has 0 spiro atoms. The van der Waals surface area contributed by atoms with E-state index in [0.29, 0.717) is 13.1 Å². The van der Waals surface area contributed by atoms with E-state index in [-0.39, 0.29) is 29.3 Å². The van der Waals surface area contributed by atoms with Crippen molar-refractivity contribution in [1.82, 2.24) is 20.1 Å². The van der Waals surface area contributed by atoms with Gasteiger partial charge in [-0.3, -0.25) is 14.6 Å². The normalized spacial score (nSPS) is 26.0. The van der Waals surface area contributed by atoms with Gasteiger partial charge in [-0.15, -0.1) is 6.58 Å². The number of imide groups is 1. The summed E-state index contributed by atoms with van der Waals surface area (Å²) in [6.07, 6.45) is 5.73. The smallest absolute Gasteiger partial charge is 0.323 e. The van der Waals surface area contributed by atoms with E-state index in [9.17, 15) is 9.59 Å². The quantitative estimate of drug-likeness (QED) is 0.782. The zero-order chi connectivity index (χ0) is 20.8. The van der Waals surface area contributed by atoms with Crippen molar-refractivity contribution in [2.24, 2.45) is 5.92 Å². The van der Waals surface area contributed by atoms with Gasteiger partial charge in [0, 0.05) is 55.2 Å². The van der Waals surface area contributed by atoms with Crippen LogP contribution in [0.5, 0.6) is 0 Å². The van der Waals surface area contributed by atoms with Crippen LogP contribution in [0.4, 0.5) is 4.79 Å². The average molecular weight is 395 g/mol. The zero-order valence-corrected chi connectivity index (χ0v) is 17.5. The molecule has 2 N–H and O–H groups in total. The van der Waals surface area contributed by atoms with Crippen molar-refractivity contribution < 1.29 is 9.59 Å². The molecule has 0 radical (unpaired) electrons. The third-order valence-electron chi connectivity index (χ3n) is 6.84. The number of aromatic nitrogens is 1. The number of aromatic amines is 1. The van der Waals surface area contributed by atoms with Gasteiger partial charge in [0.25, 0.3) is 0 Å². The highest BCUT2D eigenvalue weighted by Gasteiger charge is 2.50. The topological polar surface area (TPSA) is 68.4 Å². The zero-order valence-electron chi connectivity index (χ0n) is 17.5. The average Bonchev–Trinajstić information content (AvgIpc) is 3.11. The third-order valence-corrected chi connectivity index (χ3v) is 6.84. The van der Waals surface area contributed by atoms with Crippen LogP contribution in [0.1, 0.15) is 37.3 Å². The van der Waals surface area contributed by atoms with Crippen molar-refractivity contribution in [3.8, 4) is 0 Å². The minimum Gasteiger partial charge on any atom is -0.361 e. The Morgan fingerprint density at radius 1 is 1.45 bits per heavy atom. The Bertz CT molecular complexity index is 965. The van der Waals surface area contributed by atoms with Gasteiger partial charge in [-0.05, 0) is 43.9 Å². The number of hydrogen-bond donors (Lipinski definition) is 2. The van der Waals surface area contributed by atoms with Gasteiger partial charge in [-0.25, -0.2) is 4.79 Å². The number of piperidine rings is 1. The molecule has 1 aromatic heterocycles. The molecule has 154 valence electrons. The van der Waals surface area contributed by atoms with E-state index in [2.05, 4.69) is 53.1 Å². The van der Waals surface area contributed by atoms with Gasteiger partial charge in [-0.1, -0.05) is 18.2 Å². The molecular formula is C23H30N4O2. The number of rotatable bonds is 4. The van der Waals surface area contributed by atoms with E-state index < -0.39 is 0 Å². The lowest BCUT2D eigenvalue weighted by atomic mass is 9.64. The van der Waals surface area contributed by atoms with Gasteiger partial charge in [0.2, 0.25) is 5.91 Å². The lowest BCUT2D eigenvalue weighted by Crippen LogP contribution is -2.61. The number of H-pyrrole nitrogens is 1. The van der Waals surface area contributed by atoms with Gasteiger partial charge in [0.1, 0.15) is 0 Å². The molecule has 6 heteroatoms. The van der Waals surface area contributed by atoms with Crippen molar-refractivity contribution in [2.75, 3.05) is 26.7 Å². The Morgan fingerprint density at radius 2 is 2.24 bits per heavy atom. The number of amides is 3. The Balaban J connectivity index is 1.72. The second kappa shape index (κ2) is 7.34. The largest absolute Gasteiger partial charge is 0.361 e. The number of nitrogens with one attached hydrogen (secondary N) is 2. The Kier molecular flexibility index (Phi) is 4.99. The number of nitrogens with zero attached hydrogens (tertiary/aromatic N) is 2. The second-order valence-electron chi connectivity index (χ2n) is 8.53. The highest BCUT2D eigenvalue weighted by Crippen LogP contribution is 2.50. The molecule has 3 amide bonds. The van der Waals surface area contributed by atoms with Gasteiger partial charge >= 0.3 is 6.03 Å². The summed E-state index contributed by atoms with van der Waals surface area (Å²) < 4.78 is 0. The van der Waals surface area contributed by atoms with Crippen LogP contribution in [-0.4, -0.2) is 58.9 Å². The van der Waals surface area contributed by atoms with Crippen LogP contribution in [0, 0.1) is 5.92 Å². The first kappa shape index (κ1) is 19.7. The molecule has 3 atom stereocenters. The molecule has 1 aliphatic heterocycles. The van der Waals surface area contributed by atoms with E-state index in [1.54, 1.807) is 7.05 Å². The maximum absolute atomic E-state index is 13.2. The second-order valence-corrected chi connectivity index (χ2v) is 8.53. The standard InChI is InChI=1S/C23H30N4O2/c1-5-10-27-14-15(21(28)26(4)22(29)24-6-2)11-18-17-8-7-9-19-20(17)16(13-25-19)12-23(18,27)3/h5,7-9,13,15,18,25H,1,6,10-12,14H2,2-4H3,(H,24,29)/t15-,18?,23-/m1/s1. The van der Waals surface area contributed by atoms with Crippen molar-refractivity contribution >= 4 is 22.8 Å². The molecule has 2 heterocycles. The van der Waals surface area contributed by atoms with Crippen LogP contribution >= 0.6 is 0 Å². The number of likely N-dealkylation sites (tertiary alicyclic amines) is 1. The minimum absolute atomic E-state index is 0.0846. The fraction of sp³-hybridized carbons (Fsp3) is 0.478. The SMILES string of the molecule is C=CCN1C[C@H](C(=O)N(C)C(=O)NCC)CC2c3cccc4[nH]cc(c34)C[C@]21C. The van der Waals surface area contributed by atoms with E-state index in [4.69, 9.17) is 0 Å². The van der Waals surface area contributed by atoms with E-state index in [1.165, 1.54) is 21.4 Å². The molecule has 0 bridgehead atoms. The predicted octanol–water partition coefficient (Wildman–Crippen LogP) is 3.26. The van der Waals surface area contributed by atoms with Crippen LogP contribution in [0.3, 0.4) is 0 Å². The highest BCUT2D eigenvalue weighted by atomic mass is 16.2. The van der Waals surface area contributed by atoms with Crippen molar-refractivity contribution in [2.45, 2.75) is 38.1 Å². The van der Waals surface area contributed by atoms with Crippen LogP contribution in [0.15, 0.2) is 37.1 Å². The lowest BCUT2D eigenvalue weighted by Gasteiger charge is -2.54. The van der Waals surface area contributed by atoms with Crippen molar-refractivity contribution in [1.29, 1.82) is 0 Å². The number of carbonyl (C=O) groups excluding carboxylic acids is 2. The summed E-state index contributed by atoms with van der Waals surface area (Å²) >= 11 is 0. The molecule has 1 unspecified atom stereocenters. The first-order valence-electron chi connectivity index (χ1n) is 10.4. The van der Waals surface area contributed by atoms with Crippen LogP contribution in [0.2, 0.25) is 0 Å². The molecule has 29 heavy (non-hydrogen) atoms. The lowest BCUT2D eigenvalue weighted by molar-refractivity contribution is -0.135. The first-order valence-corrected chi connectivity index (χ1v) is 10.4. The molecule has 0 saturated carbocycles. The maximum atomic E-state index is 13.2. The van der Waals surface area contributed by atoms with Gasteiger partial charge in [-0.2, -0.15) is 0 Å². The van der Waals surface area contributed by atoms with E-state index >= 15 is 0 Å². The highest BCUT2D eigenvalue weighted by molar-refractivity contribution is 5.95. The summed E-state index contributed by atoms with van der Waals surface area (Å²) in [4.78, 5) is 32.4. The predicted molar refractivity (Wildman–Crippen MR) is 115 cm³/mol. The first-order chi connectivity index (χ1) is 13.9. The molecule has 2 aliphatic rings. The van der Waals surface area contributed by atoms with Crippen molar-refractivity contribution in [3.63, 3.8) is 0 Å². The molecule has 2 aromatic rings. The Morgan fingerprint density at radius 3 is 2.97 bits per heavy atom. The molecule has 1 aliphatic carbocycles. The van der Waals surface area contributed by atoms with Crippen LogP contribution < -0.4 is 5.32 Å². The molecule has 1 aromatic carbocycles. The van der Waals surface area contributed by atoms with Crippen LogP contribution in [0.25, 0.3) is 10.9 Å². The number of urea groups is 1. The van der Waals surface area contributed by atoms with Crippen LogP contribution in [-0.2, 0) is 11.2 Å². The van der Waals surface area contributed by atoms with Gasteiger partial charge in [0.15, 0.2) is 0 Å². The summed E-state index contributed by atoms with van der Waals surface area (Å²) in [5, 5.41) is 4.03. The summed E-state index contributed by atoms with van der Waals surface area (Å²) in [6, 6.07) is 6.07.